The zero-order chi connectivity index (χ0) is 15.1. The maximum absolute atomic E-state index is 11.8. The molecule has 0 saturated heterocycles. The van der Waals surface area contributed by atoms with Crippen molar-refractivity contribution in [3.8, 4) is 0 Å². The smallest absolute Gasteiger partial charge is 0.326 e. The molecule has 3 N–H and O–H groups in total. The lowest BCUT2D eigenvalue weighted by Crippen LogP contribution is -2.41. The molecule has 0 radical (unpaired) electrons. The molecule has 6 nitrogen and oxygen atoms in total. The minimum Gasteiger partial charge on any atom is -0.481 e. The van der Waals surface area contributed by atoms with Crippen molar-refractivity contribution in [2.24, 2.45) is 0 Å². The fourth-order valence-corrected chi connectivity index (χ4v) is 1.78. The molecule has 1 atom stereocenters. The van der Waals surface area contributed by atoms with E-state index < -0.39 is 23.9 Å². The van der Waals surface area contributed by atoms with E-state index in [1.807, 2.05) is 25.1 Å². The Morgan fingerprint density at radius 2 is 1.95 bits per heavy atom. The summed E-state index contributed by atoms with van der Waals surface area (Å²) in [6, 6.07) is 6.15. The van der Waals surface area contributed by atoms with Crippen molar-refractivity contribution < 1.29 is 24.6 Å². The number of nitrogens with one attached hydrogen (secondary N) is 1. The van der Waals surface area contributed by atoms with Gasteiger partial charge in [-0.2, -0.15) is 0 Å². The zero-order valence-corrected chi connectivity index (χ0v) is 11.1. The van der Waals surface area contributed by atoms with E-state index in [0.29, 0.717) is 0 Å². The maximum atomic E-state index is 11.8. The number of benzene rings is 1. The summed E-state index contributed by atoms with van der Waals surface area (Å²) in [5.41, 5.74) is 1.79. The van der Waals surface area contributed by atoms with E-state index in [2.05, 4.69) is 5.32 Å². The van der Waals surface area contributed by atoms with Crippen molar-refractivity contribution in [3.63, 3.8) is 0 Å². The molecular weight excluding hydrogens is 262 g/mol. The number of hydrogen-bond acceptors (Lipinski definition) is 3. The molecule has 0 heterocycles. The summed E-state index contributed by atoms with van der Waals surface area (Å²) in [6.45, 7) is 1.90. The molecular formula is C14H17NO5. The first-order chi connectivity index (χ1) is 9.38. The molecule has 0 saturated carbocycles. The molecule has 108 valence electrons. The second-order valence-corrected chi connectivity index (χ2v) is 4.56. The zero-order valence-electron chi connectivity index (χ0n) is 11.1. The fourth-order valence-electron chi connectivity index (χ4n) is 1.78. The van der Waals surface area contributed by atoms with Gasteiger partial charge in [0.05, 0.1) is 6.42 Å². The van der Waals surface area contributed by atoms with Gasteiger partial charge in [0.1, 0.15) is 6.04 Å². The van der Waals surface area contributed by atoms with E-state index in [1.54, 1.807) is 6.07 Å². The number of carbonyl (C=O) groups is 3. The van der Waals surface area contributed by atoms with E-state index >= 15 is 0 Å². The van der Waals surface area contributed by atoms with Crippen molar-refractivity contribution in [3.05, 3.63) is 35.4 Å². The summed E-state index contributed by atoms with van der Waals surface area (Å²) in [4.78, 5) is 33.1. The predicted molar refractivity (Wildman–Crippen MR) is 71.3 cm³/mol. The minimum atomic E-state index is -1.23. The summed E-state index contributed by atoms with van der Waals surface area (Å²) in [6.07, 6.45) is -0.371. The molecule has 0 aliphatic rings. The number of carbonyl (C=O) groups excluding carboxylic acids is 1. The first-order valence-electron chi connectivity index (χ1n) is 6.18. The van der Waals surface area contributed by atoms with E-state index in [1.165, 1.54) is 0 Å². The third-order valence-electron chi connectivity index (χ3n) is 2.73. The van der Waals surface area contributed by atoms with Crippen LogP contribution < -0.4 is 5.32 Å². The summed E-state index contributed by atoms with van der Waals surface area (Å²) in [5.74, 6) is -2.76. The van der Waals surface area contributed by atoms with Crippen LogP contribution >= 0.6 is 0 Å². The Morgan fingerprint density at radius 1 is 1.25 bits per heavy atom. The Bertz CT molecular complexity index is 512. The van der Waals surface area contributed by atoms with E-state index in [4.69, 9.17) is 10.2 Å². The molecule has 20 heavy (non-hydrogen) atoms. The van der Waals surface area contributed by atoms with Crippen LogP contribution in [0.4, 0.5) is 0 Å². The molecule has 0 aromatic heterocycles. The Balaban J connectivity index is 2.57. The van der Waals surface area contributed by atoms with Crippen molar-refractivity contribution in [1.82, 2.24) is 5.32 Å². The van der Waals surface area contributed by atoms with Gasteiger partial charge in [0.25, 0.3) is 0 Å². The van der Waals surface area contributed by atoms with Crippen molar-refractivity contribution >= 4 is 17.8 Å². The molecule has 0 spiro atoms. The third kappa shape index (κ3) is 5.51. The lowest BCUT2D eigenvalue weighted by molar-refractivity contribution is -0.143. The Morgan fingerprint density at radius 3 is 2.50 bits per heavy atom. The highest BCUT2D eigenvalue weighted by atomic mass is 16.4. The predicted octanol–water partition coefficient (Wildman–Crippen LogP) is 0.972. The van der Waals surface area contributed by atoms with Crippen LogP contribution in [0, 0.1) is 6.92 Å². The Labute approximate surface area is 116 Å². The number of aliphatic carboxylic acids is 2. The van der Waals surface area contributed by atoms with Gasteiger partial charge in [-0.1, -0.05) is 29.8 Å². The lowest BCUT2D eigenvalue weighted by atomic mass is 10.1. The maximum Gasteiger partial charge on any atom is 0.326 e. The topological polar surface area (TPSA) is 104 Å². The van der Waals surface area contributed by atoms with Crippen molar-refractivity contribution in [2.75, 3.05) is 0 Å². The molecule has 0 fully saturated rings. The van der Waals surface area contributed by atoms with Crippen LogP contribution in [0.1, 0.15) is 24.0 Å². The molecule has 0 aliphatic heterocycles. The highest BCUT2D eigenvalue weighted by molar-refractivity contribution is 5.85. The molecule has 0 aliphatic carbocycles. The molecule has 6 heteroatoms. The molecule has 1 unspecified atom stereocenters. The van der Waals surface area contributed by atoms with Gasteiger partial charge < -0.3 is 15.5 Å². The van der Waals surface area contributed by atoms with Gasteiger partial charge in [-0.3, -0.25) is 9.59 Å². The average molecular weight is 279 g/mol. The van der Waals surface area contributed by atoms with Gasteiger partial charge in [0, 0.05) is 6.42 Å². The standard InChI is InChI=1S/C14H17NO5/c1-9-3-2-4-10(7-9)8-12(16)15-11(14(19)20)5-6-13(17)18/h2-4,7,11H,5-6,8H2,1H3,(H,15,16)(H,17,18)(H,19,20). The number of aryl methyl sites for hydroxylation is 1. The first-order valence-corrected chi connectivity index (χ1v) is 6.18. The highest BCUT2D eigenvalue weighted by Gasteiger charge is 2.20. The number of carboxylic acids is 2. The van der Waals surface area contributed by atoms with Gasteiger partial charge in [0.15, 0.2) is 0 Å². The Kier molecular flexibility index (Phi) is 5.71. The summed E-state index contributed by atoms with van der Waals surface area (Å²) in [5, 5.41) is 19.8. The number of carboxylic acid groups (broad SMARTS) is 2. The van der Waals surface area contributed by atoms with Gasteiger partial charge in [-0.05, 0) is 18.9 Å². The number of amides is 1. The van der Waals surface area contributed by atoms with Crippen LogP contribution in [0.25, 0.3) is 0 Å². The fraction of sp³-hybridized carbons (Fsp3) is 0.357. The van der Waals surface area contributed by atoms with Crippen molar-refractivity contribution in [2.45, 2.75) is 32.2 Å². The van der Waals surface area contributed by atoms with Crippen LogP contribution in [0.2, 0.25) is 0 Å². The first kappa shape index (κ1) is 15.7. The van der Waals surface area contributed by atoms with Gasteiger partial charge in [0.2, 0.25) is 5.91 Å². The Hall–Kier alpha value is -2.37. The summed E-state index contributed by atoms with van der Waals surface area (Å²) in [7, 11) is 0. The van der Waals surface area contributed by atoms with Crippen LogP contribution in [0.3, 0.4) is 0 Å². The normalized spacial score (nSPS) is 11.7. The molecule has 1 rings (SSSR count). The second kappa shape index (κ2) is 7.28. The van der Waals surface area contributed by atoms with E-state index in [0.717, 1.165) is 11.1 Å². The lowest BCUT2D eigenvalue weighted by Gasteiger charge is -2.13. The SMILES string of the molecule is Cc1cccc(CC(=O)NC(CCC(=O)O)C(=O)O)c1. The second-order valence-electron chi connectivity index (χ2n) is 4.56. The van der Waals surface area contributed by atoms with Crippen LogP contribution in [-0.4, -0.2) is 34.1 Å². The van der Waals surface area contributed by atoms with E-state index in [-0.39, 0.29) is 19.3 Å². The monoisotopic (exact) mass is 279 g/mol. The molecule has 0 bridgehead atoms. The molecule has 1 aromatic rings. The van der Waals surface area contributed by atoms with E-state index in [9.17, 15) is 14.4 Å². The minimum absolute atomic E-state index is 0.0680. The van der Waals surface area contributed by atoms with Crippen LogP contribution in [0.5, 0.6) is 0 Å². The van der Waals surface area contributed by atoms with Gasteiger partial charge in [-0.15, -0.1) is 0 Å². The molecule has 1 aromatic carbocycles. The summed E-state index contributed by atoms with van der Waals surface area (Å²) < 4.78 is 0. The third-order valence-corrected chi connectivity index (χ3v) is 2.73. The number of rotatable bonds is 7. The largest absolute Gasteiger partial charge is 0.481 e. The van der Waals surface area contributed by atoms with Crippen molar-refractivity contribution in [1.29, 1.82) is 0 Å². The summed E-state index contributed by atoms with van der Waals surface area (Å²) >= 11 is 0. The van der Waals surface area contributed by atoms with Gasteiger partial charge in [-0.25, -0.2) is 4.79 Å². The molecule has 1 amide bonds. The average Bonchev–Trinajstić information content (AvgIpc) is 2.33. The van der Waals surface area contributed by atoms with Crippen LogP contribution in [-0.2, 0) is 20.8 Å². The quantitative estimate of drug-likeness (QED) is 0.690. The number of hydrogen-bond donors (Lipinski definition) is 3. The van der Waals surface area contributed by atoms with Crippen LogP contribution in [0.15, 0.2) is 24.3 Å². The van der Waals surface area contributed by atoms with Gasteiger partial charge >= 0.3 is 11.9 Å². The highest BCUT2D eigenvalue weighted by Crippen LogP contribution is 2.05.